The van der Waals surface area contributed by atoms with Crippen molar-refractivity contribution in [2.45, 2.75) is 32.4 Å². The summed E-state index contributed by atoms with van der Waals surface area (Å²) in [7, 11) is -1.55. The van der Waals surface area contributed by atoms with Crippen molar-refractivity contribution in [1.82, 2.24) is 9.97 Å². The third-order valence-electron chi connectivity index (χ3n) is 5.29. The molecule has 0 saturated heterocycles. The predicted octanol–water partition coefficient (Wildman–Crippen LogP) is 6.09. The minimum absolute atomic E-state index is 0. The van der Waals surface area contributed by atoms with Gasteiger partial charge in [0.1, 0.15) is 0 Å². The molecule has 0 bridgehead atoms. The van der Waals surface area contributed by atoms with Crippen LogP contribution in [0.15, 0.2) is 60.3 Å². The van der Waals surface area contributed by atoms with Crippen molar-refractivity contribution in [2.75, 3.05) is 0 Å². The van der Waals surface area contributed by atoms with Crippen molar-refractivity contribution in [2.24, 2.45) is 0 Å². The number of benzene rings is 1. The standard InChI is InChI=1S/C25H22F2N2Si.Pt/c1-25(2,23-9-5-7-21(28-23)17-13-14-30(3,4)16-17)24-10-6-8-22(29-24)19-12-11-18(26)15-20(19)27;/h5-11,13-15H,1-4H3;/q-2;+2. The van der Waals surface area contributed by atoms with Crippen molar-refractivity contribution in [3.05, 3.63) is 101 Å². The Morgan fingerprint density at radius 3 is 2.13 bits per heavy atom. The summed E-state index contributed by atoms with van der Waals surface area (Å²) in [4.78, 5) is 9.57. The van der Waals surface area contributed by atoms with Crippen LogP contribution in [0.2, 0.25) is 13.1 Å². The second kappa shape index (κ2) is 8.72. The summed E-state index contributed by atoms with van der Waals surface area (Å²) in [6.07, 6.45) is 2.11. The van der Waals surface area contributed by atoms with Gasteiger partial charge in [0.25, 0.3) is 0 Å². The first-order chi connectivity index (χ1) is 14.2. The molecule has 4 rings (SSSR count). The summed E-state index contributed by atoms with van der Waals surface area (Å²) in [5.74, 6) is -1.34. The van der Waals surface area contributed by atoms with Gasteiger partial charge < -0.3 is 9.97 Å². The van der Waals surface area contributed by atoms with Gasteiger partial charge in [-0.2, -0.15) is 17.3 Å². The third-order valence-corrected chi connectivity index (χ3v) is 7.21. The van der Waals surface area contributed by atoms with E-state index in [1.54, 1.807) is 6.07 Å². The molecule has 3 heterocycles. The summed E-state index contributed by atoms with van der Waals surface area (Å²) >= 11 is 0. The number of rotatable bonds is 4. The summed E-state index contributed by atoms with van der Waals surface area (Å²) in [6.45, 7) is 8.56. The number of halogens is 2. The molecule has 3 aromatic rings. The summed E-state index contributed by atoms with van der Waals surface area (Å²) in [6, 6.07) is 16.0. The number of nitrogens with zero attached hydrogens (tertiary/aromatic N) is 2. The van der Waals surface area contributed by atoms with Crippen LogP contribution in [0, 0.1) is 23.4 Å². The zero-order chi connectivity index (χ0) is 21.5. The maximum Gasteiger partial charge on any atom is 2.00 e. The number of hydrogen-bond donors (Lipinski definition) is 0. The molecule has 0 radical (unpaired) electrons. The van der Waals surface area contributed by atoms with Gasteiger partial charge in [-0.15, -0.1) is 12.1 Å². The number of hydrogen-bond acceptors (Lipinski definition) is 2. The Hall–Kier alpha value is -2.23. The fourth-order valence-electron chi connectivity index (χ4n) is 3.50. The van der Waals surface area contributed by atoms with Gasteiger partial charge in [0.05, 0.1) is 0 Å². The predicted molar refractivity (Wildman–Crippen MR) is 118 cm³/mol. The SMILES string of the molecule is CC(C)(c1cccc(C2=[C-][Si](C)(C)C=C2)n1)c1cccc(-c2[c-]cc(F)cc2F)n1.[Pt+2]. The van der Waals surface area contributed by atoms with Gasteiger partial charge in [-0.05, 0) is 37.4 Å². The van der Waals surface area contributed by atoms with E-state index in [0.29, 0.717) is 5.69 Å². The van der Waals surface area contributed by atoms with E-state index in [0.717, 1.165) is 34.8 Å². The Morgan fingerprint density at radius 2 is 1.55 bits per heavy atom. The summed E-state index contributed by atoms with van der Waals surface area (Å²) in [5.41, 5.74) is 9.44. The first-order valence-electron chi connectivity index (χ1n) is 9.83. The second-order valence-corrected chi connectivity index (χ2v) is 12.6. The fourth-order valence-corrected chi connectivity index (χ4v) is 5.07. The van der Waals surface area contributed by atoms with Crippen LogP contribution in [0.4, 0.5) is 8.78 Å². The molecule has 0 unspecified atom stereocenters. The Morgan fingerprint density at radius 1 is 0.935 bits per heavy atom. The van der Waals surface area contributed by atoms with Gasteiger partial charge in [-0.1, -0.05) is 49.0 Å². The average Bonchev–Trinajstić information content (AvgIpc) is 3.08. The molecular formula is C25H22F2N2PtSi. The molecule has 0 N–H and O–H groups in total. The van der Waals surface area contributed by atoms with Crippen LogP contribution in [0.1, 0.15) is 30.9 Å². The van der Waals surface area contributed by atoms with Gasteiger partial charge in [0, 0.05) is 36.5 Å². The minimum Gasteiger partial charge on any atom is -0.316 e. The van der Waals surface area contributed by atoms with E-state index < -0.39 is 25.1 Å². The van der Waals surface area contributed by atoms with Crippen molar-refractivity contribution >= 4 is 13.6 Å². The van der Waals surface area contributed by atoms with Crippen LogP contribution in [0.3, 0.4) is 0 Å². The first kappa shape index (κ1) is 23.4. The van der Waals surface area contributed by atoms with Crippen LogP contribution in [-0.4, -0.2) is 18.0 Å². The molecule has 1 aromatic carbocycles. The molecular weight excluding hydrogens is 589 g/mol. The van der Waals surface area contributed by atoms with Crippen LogP contribution in [0.5, 0.6) is 0 Å². The monoisotopic (exact) mass is 611 g/mol. The van der Waals surface area contributed by atoms with E-state index >= 15 is 0 Å². The Balaban J connectivity index is 0.00000272. The van der Waals surface area contributed by atoms with E-state index in [1.165, 1.54) is 0 Å². The molecule has 2 nitrogen and oxygen atoms in total. The molecule has 0 fully saturated rings. The minimum atomic E-state index is -1.55. The number of aromatic nitrogens is 2. The molecule has 6 heteroatoms. The van der Waals surface area contributed by atoms with Crippen molar-refractivity contribution in [1.29, 1.82) is 0 Å². The summed E-state index contributed by atoms with van der Waals surface area (Å²) < 4.78 is 27.5. The van der Waals surface area contributed by atoms with Crippen LogP contribution in [0.25, 0.3) is 16.8 Å². The van der Waals surface area contributed by atoms with Crippen LogP contribution in [-0.2, 0) is 26.5 Å². The molecule has 160 valence electrons. The molecule has 0 aliphatic carbocycles. The van der Waals surface area contributed by atoms with Crippen LogP contribution >= 0.6 is 0 Å². The van der Waals surface area contributed by atoms with E-state index in [2.05, 4.69) is 41.6 Å². The zero-order valence-corrected chi connectivity index (χ0v) is 21.0. The van der Waals surface area contributed by atoms with Crippen molar-refractivity contribution in [3.8, 4) is 11.3 Å². The molecule has 0 spiro atoms. The number of pyridine rings is 2. The molecule has 0 amide bonds. The average molecular weight is 612 g/mol. The smallest absolute Gasteiger partial charge is 0.316 e. The maximum atomic E-state index is 14.2. The Labute approximate surface area is 197 Å². The quantitative estimate of drug-likeness (QED) is 0.264. The zero-order valence-electron chi connectivity index (χ0n) is 17.7. The van der Waals surface area contributed by atoms with Gasteiger partial charge in [0.2, 0.25) is 0 Å². The Bertz CT molecular complexity index is 1190. The topological polar surface area (TPSA) is 25.8 Å². The van der Waals surface area contributed by atoms with E-state index in [-0.39, 0.29) is 26.6 Å². The molecule has 31 heavy (non-hydrogen) atoms. The van der Waals surface area contributed by atoms with E-state index in [9.17, 15) is 8.78 Å². The van der Waals surface area contributed by atoms with Gasteiger partial charge >= 0.3 is 21.1 Å². The molecule has 1 aliphatic rings. The largest absolute Gasteiger partial charge is 2.00 e. The Kier molecular flexibility index (Phi) is 6.59. The first-order valence-corrected chi connectivity index (χ1v) is 12.9. The van der Waals surface area contributed by atoms with Crippen LogP contribution < -0.4 is 0 Å². The second-order valence-electron chi connectivity index (χ2n) is 8.58. The third kappa shape index (κ3) is 4.83. The summed E-state index contributed by atoms with van der Waals surface area (Å²) in [5, 5.41) is 0. The normalized spacial score (nSPS) is 14.8. The molecule has 2 aromatic heterocycles. The fraction of sp³-hybridized carbons (Fsp3) is 0.200. The van der Waals surface area contributed by atoms with Crippen molar-refractivity contribution in [3.63, 3.8) is 0 Å². The molecule has 0 atom stereocenters. The molecule has 0 saturated carbocycles. The van der Waals surface area contributed by atoms with Crippen molar-refractivity contribution < 1.29 is 29.8 Å². The van der Waals surface area contributed by atoms with E-state index in [1.807, 2.05) is 44.2 Å². The van der Waals surface area contributed by atoms with Gasteiger partial charge in [0.15, 0.2) is 0 Å². The van der Waals surface area contributed by atoms with Gasteiger partial charge in [-0.3, -0.25) is 8.78 Å². The number of allylic oxidation sites excluding steroid dienone is 2. The van der Waals surface area contributed by atoms with Gasteiger partial charge in [-0.25, -0.2) is 5.70 Å². The molecule has 1 aliphatic heterocycles. The van der Waals surface area contributed by atoms with E-state index in [4.69, 9.17) is 4.98 Å². The maximum absolute atomic E-state index is 14.2.